The molecule has 7 aromatic carbocycles. The third kappa shape index (κ3) is 4.87. The molecule has 2 heteroatoms. The summed E-state index contributed by atoms with van der Waals surface area (Å²) >= 11 is 1.91. The molecule has 0 amide bonds. The van der Waals surface area contributed by atoms with E-state index >= 15 is 0 Å². The van der Waals surface area contributed by atoms with Crippen molar-refractivity contribution in [1.82, 2.24) is 0 Å². The zero-order chi connectivity index (χ0) is 31.0. The third-order valence-corrected chi connectivity index (χ3v) is 10.4. The summed E-state index contributed by atoms with van der Waals surface area (Å²) in [7, 11) is 0. The van der Waals surface area contributed by atoms with Gasteiger partial charge in [-0.15, -0.1) is 11.3 Å². The predicted molar refractivity (Wildman–Crippen MR) is 201 cm³/mol. The maximum absolute atomic E-state index is 2.42. The summed E-state index contributed by atoms with van der Waals surface area (Å²) in [6.45, 7) is 4.55. The predicted octanol–water partition coefficient (Wildman–Crippen LogP) is 13.1. The van der Waals surface area contributed by atoms with Crippen molar-refractivity contribution in [2.75, 3.05) is 4.90 Å². The molecule has 1 aromatic heterocycles. The van der Waals surface area contributed by atoms with Crippen molar-refractivity contribution in [3.63, 3.8) is 0 Å². The molecule has 0 bridgehead atoms. The molecule has 8 aromatic rings. The topological polar surface area (TPSA) is 3.24 Å². The summed E-state index contributed by atoms with van der Waals surface area (Å²) in [6, 6.07) is 55.5. The largest absolute Gasteiger partial charge is 0.309 e. The SMILES string of the molecule is CCc1ccccc1-c1ccc2sc3c(N(c4ccccc4)c4ccc(-c5ccc6ccccc6c5)cc4)cccc3c2c1CC. The molecule has 0 unspecified atom stereocenters. The molecule has 0 spiro atoms. The first-order chi connectivity index (χ1) is 22.7. The maximum atomic E-state index is 2.42. The van der Waals surface area contributed by atoms with Gasteiger partial charge in [0.2, 0.25) is 0 Å². The van der Waals surface area contributed by atoms with Crippen molar-refractivity contribution in [2.45, 2.75) is 26.7 Å². The van der Waals surface area contributed by atoms with Crippen LogP contribution in [0.2, 0.25) is 0 Å². The van der Waals surface area contributed by atoms with Gasteiger partial charge in [-0.1, -0.05) is 123 Å². The van der Waals surface area contributed by atoms with Gasteiger partial charge in [-0.3, -0.25) is 0 Å². The van der Waals surface area contributed by atoms with Crippen LogP contribution >= 0.6 is 11.3 Å². The lowest BCUT2D eigenvalue weighted by atomic mass is 9.90. The fourth-order valence-electron chi connectivity index (χ4n) is 7.01. The molecule has 0 N–H and O–H groups in total. The average Bonchev–Trinajstić information content (AvgIpc) is 3.51. The standard InChI is InChI=1S/C44H35NS/c1-3-30-13-10-11-18-38(30)39-27-28-42-43(37(39)4-2)40-19-12-20-41(44(40)46-42)45(35-16-6-5-7-17-35)36-25-23-32(24-26-36)34-22-21-31-14-8-9-15-33(31)29-34/h5-29H,3-4H2,1-2H3. The second-order valence-corrected chi connectivity index (χ2v) is 12.9. The second kappa shape index (κ2) is 12.0. The number of benzene rings is 7. The van der Waals surface area contributed by atoms with E-state index < -0.39 is 0 Å². The molecule has 222 valence electrons. The van der Waals surface area contributed by atoms with Crippen LogP contribution in [0.25, 0.3) is 53.2 Å². The van der Waals surface area contributed by atoms with E-state index in [4.69, 9.17) is 0 Å². The minimum absolute atomic E-state index is 0.986. The summed E-state index contributed by atoms with van der Waals surface area (Å²) in [5.41, 5.74) is 11.5. The Balaban J connectivity index is 1.28. The Morgan fingerprint density at radius 1 is 0.522 bits per heavy atom. The van der Waals surface area contributed by atoms with Gasteiger partial charge in [0.25, 0.3) is 0 Å². The lowest BCUT2D eigenvalue weighted by Gasteiger charge is -2.26. The van der Waals surface area contributed by atoms with E-state index in [1.165, 1.54) is 70.0 Å². The van der Waals surface area contributed by atoms with Gasteiger partial charge in [0.05, 0.1) is 10.4 Å². The van der Waals surface area contributed by atoms with Gasteiger partial charge >= 0.3 is 0 Å². The van der Waals surface area contributed by atoms with Gasteiger partial charge in [0.15, 0.2) is 0 Å². The molecule has 0 aliphatic heterocycles. The number of aryl methyl sites for hydroxylation is 2. The third-order valence-electron chi connectivity index (χ3n) is 9.26. The molecule has 8 rings (SSSR count). The van der Waals surface area contributed by atoms with Crippen molar-refractivity contribution in [1.29, 1.82) is 0 Å². The zero-order valence-electron chi connectivity index (χ0n) is 26.2. The Morgan fingerprint density at radius 3 is 2.04 bits per heavy atom. The van der Waals surface area contributed by atoms with Crippen LogP contribution in [-0.2, 0) is 12.8 Å². The van der Waals surface area contributed by atoms with Crippen LogP contribution in [0, 0.1) is 0 Å². The Labute approximate surface area is 275 Å². The number of thiophene rings is 1. The summed E-state index contributed by atoms with van der Waals surface area (Å²) in [6.07, 6.45) is 2.01. The molecule has 0 saturated heterocycles. The molecular weight excluding hydrogens is 575 g/mol. The summed E-state index contributed by atoms with van der Waals surface area (Å²) in [4.78, 5) is 2.42. The minimum atomic E-state index is 0.986. The highest BCUT2D eigenvalue weighted by Gasteiger charge is 2.20. The van der Waals surface area contributed by atoms with Crippen LogP contribution in [0.4, 0.5) is 17.1 Å². The molecule has 0 radical (unpaired) electrons. The molecule has 0 aliphatic rings. The van der Waals surface area contributed by atoms with Crippen molar-refractivity contribution in [3.8, 4) is 22.3 Å². The van der Waals surface area contributed by atoms with E-state index in [2.05, 4.69) is 170 Å². The number of nitrogens with zero attached hydrogens (tertiary/aromatic N) is 1. The Hall–Kier alpha value is -5.18. The number of hydrogen-bond donors (Lipinski definition) is 0. The molecule has 0 atom stereocenters. The number of fused-ring (bicyclic) bond motifs is 4. The first-order valence-electron chi connectivity index (χ1n) is 16.2. The Kier molecular flexibility index (Phi) is 7.36. The van der Waals surface area contributed by atoms with E-state index in [-0.39, 0.29) is 0 Å². The first-order valence-corrected chi connectivity index (χ1v) is 17.0. The monoisotopic (exact) mass is 609 g/mol. The van der Waals surface area contributed by atoms with Gasteiger partial charge in [-0.05, 0) is 99.5 Å². The molecule has 1 nitrogen and oxygen atoms in total. The van der Waals surface area contributed by atoms with Gasteiger partial charge in [0.1, 0.15) is 0 Å². The van der Waals surface area contributed by atoms with Crippen LogP contribution in [0.3, 0.4) is 0 Å². The Morgan fingerprint density at radius 2 is 1.24 bits per heavy atom. The smallest absolute Gasteiger partial charge is 0.0640 e. The van der Waals surface area contributed by atoms with Crippen molar-refractivity contribution in [2.24, 2.45) is 0 Å². The van der Waals surface area contributed by atoms with Crippen LogP contribution in [-0.4, -0.2) is 0 Å². The van der Waals surface area contributed by atoms with Crippen molar-refractivity contribution in [3.05, 3.63) is 163 Å². The van der Waals surface area contributed by atoms with Gasteiger partial charge in [0, 0.05) is 26.8 Å². The van der Waals surface area contributed by atoms with Gasteiger partial charge in [-0.2, -0.15) is 0 Å². The number of rotatable bonds is 7. The van der Waals surface area contributed by atoms with E-state index in [0.717, 1.165) is 24.2 Å². The van der Waals surface area contributed by atoms with E-state index in [0.29, 0.717) is 0 Å². The highest BCUT2D eigenvalue weighted by Crippen LogP contribution is 2.47. The zero-order valence-corrected chi connectivity index (χ0v) is 27.0. The molecule has 0 saturated carbocycles. The average molecular weight is 610 g/mol. The lowest BCUT2D eigenvalue weighted by molar-refractivity contribution is 1.13. The summed E-state index contributed by atoms with van der Waals surface area (Å²) < 4.78 is 2.66. The van der Waals surface area contributed by atoms with E-state index in [1.807, 2.05) is 11.3 Å². The minimum Gasteiger partial charge on any atom is -0.309 e. The summed E-state index contributed by atoms with van der Waals surface area (Å²) in [5, 5.41) is 5.26. The number of para-hydroxylation sites is 1. The van der Waals surface area contributed by atoms with E-state index in [9.17, 15) is 0 Å². The van der Waals surface area contributed by atoms with Crippen LogP contribution in [0.1, 0.15) is 25.0 Å². The van der Waals surface area contributed by atoms with Crippen LogP contribution in [0.5, 0.6) is 0 Å². The highest BCUT2D eigenvalue weighted by molar-refractivity contribution is 7.26. The maximum Gasteiger partial charge on any atom is 0.0640 e. The second-order valence-electron chi connectivity index (χ2n) is 11.9. The summed E-state index contributed by atoms with van der Waals surface area (Å²) in [5.74, 6) is 0. The first kappa shape index (κ1) is 28.3. The van der Waals surface area contributed by atoms with Crippen LogP contribution in [0.15, 0.2) is 152 Å². The normalized spacial score (nSPS) is 11.4. The molecule has 0 fully saturated rings. The van der Waals surface area contributed by atoms with E-state index in [1.54, 1.807) is 0 Å². The molecule has 0 aliphatic carbocycles. The van der Waals surface area contributed by atoms with Gasteiger partial charge < -0.3 is 4.90 Å². The Bertz CT molecular complexity index is 2330. The number of anilines is 3. The fourth-order valence-corrected chi connectivity index (χ4v) is 8.24. The molecular formula is C44H35NS. The highest BCUT2D eigenvalue weighted by atomic mass is 32.1. The fraction of sp³-hybridized carbons (Fsp3) is 0.0909. The lowest BCUT2D eigenvalue weighted by Crippen LogP contribution is -2.09. The number of hydrogen-bond acceptors (Lipinski definition) is 2. The molecule has 46 heavy (non-hydrogen) atoms. The quantitative estimate of drug-likeness (QED) is 0.174. The van der Waals surface area contributed by atoms with Crippen LogP contribution < -0.4 is 4.90 Å². The molecule has 1 heterocycles. The van der Waals surface area contributed by atoms with Gasteiger partial charge in [-0.25, -0.2) is 0 Å². The van der Waals surface area contributed by atoms with Crippen molar-refractivity contribution >= 4 is 59.3 Å². The van der Waals surface area contributed by atoms with Crippen molar-refractivity contribution < 1.29 is 0 Å².